The van der Waals surface area contributed by atoms with Crippen LogP contribution in [0.2, 0.25) is 0 Å². The second-order valence-electron chi connectivity index (χ2n) is 4.23. The van der Waals surface area contributed by atoms with Crippen LogP contribution >= 0.6 is 0 Å². The molecule has 2 rings (SSSR count). The summed E-state index contributed by atoms with van der Waals surface area (Å²) in [6.07, 6.45) is 1.57. The first-order valence-corrected chi connectivity index (χ1v) is 5.67. The van der Waals surface area contributed by atoms with Gasteiger partial charge in [0.2, 0.25) is 0 Å². The number of hydrogen-bond acceptors (Lipinski definition) is 2. The minimum Gasteiger partial charge on any atom is -0.478 e. The van der Waals surface area contributed by atoms with E-state index in [1.165, 1.54) is 16.7 Å². The summed E-state index contributed by atoms with van der Waals surface area (Å²) in [7, 11) is 0. The molecular weight excluding hydrogens is 249 g/mol. The predicted molar refractivity (Wildman–Crippen MR) is 67.9 cm³/mol. The van der Waals surface area contributed by atoms with Crippen molar-refractivity contribution in [3.05, 3.63) is 69.4 Å². The van der Waals surface area contributed by atoms with Crippen LogP contribution in [0.15, 0.2) is 41.3 Å². The SMILES string of the molecule is Cc1cccn(Cc2ccc(F)cc2C(=O)O)c1=O. The van der Waals surface area contributed by atoms with E-state index in [1.54, 1.807) is 25.3 Å². The summed E-state index contributed by atoms with van der Waals surface area (Å²) in [5.74, 6) is -1.83. The minimum absolute atomic E-state index is 0.0996. The number of benzene rings is 1. The van der Waals surface area contributed by atoms with Gasteiger partial charge in [0.25, 0.3) is 5.56 Å². The van der Waals surface area contributed by atoms with E-state index in [1.807, 2.05) is 0 Å². The van der Waals surface area contributed by atoms with E-state index in [9.17, 15) is 14.0 Å². The molecule has 0 saturated carbocycles. The smallest absolute Gasteiger partial charge is 0.336 e. The number of aromatic carboxylic acids is 1. The molecule has 0 spiro atoms. The molecule has 2 aromatic rings. The number of aromatic nitrogens is 1. The zero-order chi connectivity index (χ0) is 14.0. The molecule has 0 atom stereocenters. The summed E-state index contributed by atoms with van der Waals surface area (Å²) in [4.78, 5) is 22.9. The van der Waals surface area contributed by atoms with Gasteiger partial charge in [0.05, 0.1) is 12.1 Å². The van der Waals surface area contributed by atoms with Crippen molar-refractivity contribution in [3.8, 4) is 0 Å². The molecule has 0 aliphatic rings. The van der Waals surface area contributed by atoms with Gasteiger partial charge in [0, 0.05) is 11.8 Å². The lowest BCUT2D eigenvalue weighted by Crippen LogP contribution is -2.22. The molecule has 0 amide bonds. The van der Waals surface area contributed by atoms with Gasteiger partial charge in [-0.05, 0) is 30.7 Å². The third kappa shape index (κ3) is 2.70. The van der Waals surface area contributed by atoms with Crippen LogP contribution in [0.5, 0.6) is 0 Å². The highest BCUT2D eigenvalue weighted by Gasteiger charge is 2.12. The van der Waals surface area contributed by atoms with Crippen molar-refractivity contribution in [1.29, 1.82) is 0 Å². The quantitative estimate of drug-likeness (QED) is 0.919. The zero-order valence-electron chi connectivity index (χ0n) is 10.3. The maximum absolute atomic E-state index is 13.1. The monoisotopic (exact) mass is 261 g/mol. The molecule has 1 heterocycles. The molecule has 4 nitrogen and oxygen atoms in total. The Morgan fingerprint density at radius 2 is 2.11 bits per heavy atom. The van der Waals surface area contributed by atoms with Crippen molar-refractivity contribution in [2.75, 3.05) is 0 Å². The molecule has 1 N–H and O–H groups in total. The van der Waals surface area contributed by atoms with Gasteiger partial charge >= 0.3 is 5.97 Å². The molecule has 0 fully saturated rings. The number of aryl methyl sites for hydroxylation is 1. The molecule has 1 aromatic carbocycles. The van der Waals surface area contributed by atoms with Gasteiger partial charge in [-0.1, -0.05) is 12.1 Å². The Kier molecular flexibility index (Phi) is 3.46. The molecule has 0 saturated heterocycles. The number of carboxylic acids is 1. The van der Waals surface area contributed by atoms with Crippen molar-refractivity contribution >= 4 is 5.97 Å². The molecule has 0 aliphatic carbocycles. The van der Waals surface area contributed by atoms with Gasteiger partial charge in [-0.2, -0.15) is 0 Å². The number of carboxylic acid groups (broad SMARTS) is 1. The fourth-order valence-corrected chi connectivity index (χ4v) is 1.85. The first kappa shape index (κ1) is 13.0. The van der Waals surface area contributed by atoms with Crippen molar-refractivity contribution in [2.24, 2.45) is 0 Å². The van der Waals surface area contributed by atoms with Gasteiger partial charge < -0.3 is 9.67 Å². The molecule has 19 heavy (non-hydrogen) atoms. The number of rotatable bonds is 3. The number of halogens is 1. The minimum atomic E-state index is -1.21. The summed E-state index contributed by atoms with van der Waals surface area (Å²) >= 11 is 0. The maximum Gasteiger partial charge on any atom is 0.336 e. The van der Waals surface area contributed by atoms with Crippen LogP contribution in [0, 0.1) is 12.7 Å². The number of nitrogens with zero attached hydrogens (tertiary/aromatic N) is 1. The Morgan fingerprint density at radius 3 is 2.79 bits per heavy atom. The van der Waals surface area contributed by atoms with Crippen molar-refractivity contribution in [3.63, 3.8) is 0 Å². The van der Waals surface area contributed by atoms with Gasteiger partial charge in [-0.3, -0.25) is 4.79 Å². The van der Waals surface area contributed by atoms with E-state index in [2.05, 4.69) is 0 Å². The van der Waals surface area contributed by atoms with E-state index >= 15 is 0 Å². The molecule has 0 bridgehead atoms. The number of carbonyl (C=O) groups is 1. The maximum atomic E-state index is 13.1. The highest BCUT2D eigenvalue weighted by molar-refractivity contribution is 5.89. The Bertz CT molecular complexity index is 691. The lowest BCUT2D eigenvalue weighted by atomic mass is 10.1. The second kappa shape index (κ2) is 5.06. The first-order valence-electron chi connectivity index (χ1n) is 5.67. The van der Waals surface area contributed by atoms with E-state index in [0.29, 0.717) is 11.1 Å². The molecule has 98 valence electrons. The Hall–Kier alpha value is -2.43. The van der Waals surface area contributed by atoms with Crippen LogP contribution in [0.3, 0.4) is 0 Å². The Labute approximate surface area is 108 Å². The molecule has 0 aliphatic heterocycles. The normalized spacial score (nSPS) is 10.4. The zero-order valence-corrected chi connectivity index (χ0v) is 10.3. The van der Waals surface area contributed by atoms with Crippen LogP contribution in [-0.2, 0) is 6.54 Å². The van der Waals surface area contributed by atoms with Crippen LogP contribution in [0.25, 0.3) is 0 Å². The van der Waals surface area contributed by atoms with Gasteiger partial charge in [-0.15, -0.1) is 0 Å². The number of pyridine rings is 1. The Balaban J connectivity index is 2.47. The number of hydrogen-bond donors (Lipinski definition) is 1. The van der Waals surface area contributed by atoms with E-state index in [0.717, 1.165) is 6.07 Å². The topological polar surface area (TPSA) is 59.3 Å². The molecular formula is C14H12FNO3. The lowest BCUT2D eigenvalue weighted by molar-refractivity contribution is 0.0695. The van der Waals surface area contributed by atoms with E-state index in [4.69, 9.17) is 5.11 Å². The Morgan fingerprint density at radius 1 is 1.37 bits per heavy atom. The molecule has 0 unspecified atom stereocenters. The van der Waals surface area contributed by atoms with Crippen molar-refractivity contribution in [2.45, 2.75) is 13.5 Å². The van der Waals surface area contributed by atoms with Crippen LogP contribution < -0.4 is 5.56 Å². The standard InChI is InChI=1S/C14H12FNO3/c1-9-3-2-6-16(13(9)17)8-10-4-5-11(15)7-12(10)14(18)19/h2-7H,8H2,1H3,(H,18,19). The summed E-state index contributed by atoms with van der Waals surface area (Å²) in [6.45, 7) is 1.78. The summed E-state index contributed by atoms with van der Waals surface area (Å²) in [5.41, 5.74) is 0.639. The van der Waals surface area contributed by atoms with Crippen LogP contribution in [-0.4, -0.2) is 15.6 Å². The molecule has 1 aromatic heterocycles. The van der Waals surface area contributed by atoms with Crippen LogP contribution in [0.1, 0.15) is 21.5 Å². The van der Waals surface area contributed by atoms with Crippen molar-refractivity contribution < 1.29 is 14.3 Å². The molecule has 0 radical (unpaired) electrons. The first-order chi connectivity index (χ1) is 8.99. The third-order valence-electron chi connectivity index (χ3n) is 2.85. The fourth-order valence-electron chi connectivity index (χ4n) is 1.85. The van der Waals surface area contributed by atoms with E-state index in [-0.39, 0.29) is 17.7 Å². The third-order valence-corrected chi connectivity index (χ3v) is 2.85. The average molecular weight is 261 g/mol. The largest absolute Gasteiger partial charge is 0.478 e. The summed E-state index contributed by atoms with van der Waals surface area (Å²) < 4.78 is 14.5. The van der Waals surface area contributed by atoms with E-state index < -0.39 is 11.8 Å². The van der Waals surface area contributed by atoms with Gasteiger partial charge in [-0.25, -0.2) is 9.18 Å². The fraction of sp³-hybridized carbons (Fsp3) is 0.143. The van der Waals surface area contributed by atoms with Gasteiger partial charge in [0.1, 0.15) is 5.82 Å². The lowest BCUT2D eigenvalue weighted by Gasteiger charge is -2.09. The van der Waals surface area contributed by atoms with Crippen LogP contribution in [0.4, 0.5) is 4.39 Å². The average Bonchev–Trinajstić information content (AvgIpc) is 2.36. The highest BCUT2D eigenvalue weighted by Crippen LogP contribution is 2.12. The predicted octanol–water partition coefficient (Wildman–Crippen LogP) is 2.04. The second-order valence-corrected chi connectivity index (χ2v) is 4.23. The summed E-state index contributed by atoms with van der Waals surface area (Å²) in [5, 5.41) is 9.04. The van der Waals surface area contributed by atoms with Gasteiger partial charge in [0.15, 0.2) is 0 Å². The highest BCUT2D eigenvalue weighted by atomic mass is 19.1. The molecule has 5 heteroatoms. The van der Waals surface area contributed by atoms with Crippen molar-refractivity contribution in [1.82, 2.24) is 4.57 Å². The summed E-state index contributed by atoms with van der Waals surface area (Å²) in [6, 6.07) is 6.91.